The van der Waals surface area contributed by atoms with Crippen LogP contribution in [0.5, 0.6) is 0 Å². The second kappa shape index (κ2) is 4.68. The van der Waals surface area contributed by atoms with Gasteiger partial charge in [0.05, 0.1) is 0 Å². The molecule has 0 aliphatic rings. The van der Waals surface area contributed by atoms with Crippen LogP contribution in [0, 0.1) is 5.92 Å². The van der Waals surface area contributed by atoms with E-state index in [2.05, 4.69) is 0 Å². The first-order chi connectivity index (χ1) is 7.27. The topological polar surface area (TPSA) is 77.8 Å². The third-order valence-electron chi connectivity index (χ3n) is 2.74. The van der Waals surface area contributed by atoms with E-state index in [0.717, 1.165) is 0 Å². The first-order valence-corrected chi connectivity index (χ1v) is 6.70. The van der Waals surface area contributed by atoms with E-state index in [1.807, 2.05) is 6.07 Å². The predicted octanol–water partition coefficient (Wildman–Crippen LogP) is 1.75. The van der Waals surface area contributed by atoms with E-state index in [1.54, 1.807) is 38.1 Å². The molecule has 90 valence electrons. The Labute approximate surface area is 95.1 Å². The van der Waals surface area contributed by atoms with Gasteiger partial charge in [-0.3, -0.25) is 4.57 Å². The van der Waals surface area contributed by atoms with Crippen molar-refractivity contribution in [2.75, 3.05) is 0 Å². The highest BCUT2D eigenvalue weighted by Gasteiger charge is 2.47. The van der Waals surface area contributed by atoms with Crippen molar-refractivity contribution in [1.82, 2.24) is 0 Å². The normalized spacial score (nSPS) is 16.1. The maximum Gasteiger partial charge on any atom is 0.357 e. The summed E-state index contributed by atoms with van der Waals surface area (Å²) in [5.74, 6) is -0.520. The fraction of sp³-hybridized carbons (Fsp3) is 0.455. The molecule has 0 saturated heterocycles. The molecule has 0 aliphatic heterocycles. The number of aliphatic hydroxyl groups is 1. The van der Waals surface area contributed by atoms with E-state index in [4.69, 9.17) is 0 Å². The molecule has 0 amide bonds. The summed E-state index contributed by atoms with van der Waals surface area (Å²) >= 11 is 0. The van der Waals surface area contributed by atoms with Gasteiger partial charge in [0.1, 0.15) is 0 Å². The van der Waals surface area contributed by atoms with Crippen molar-refractivity contribution in [3.8, 4) is 0 Å². The molecule has 1 aromatic carbocycles. The fourth-order valence-electron chi connectivity index (χ4n) is 1.54. The van der Waals surface area contributed by atoms with Crippen LogP contribution in [0.4, 0.5) is 0 Å². The number of hydrogen-bond donors (Lipinski definition) is 3. The van der Waals surface area contributed by atoms with Gasteiger partial charge in [-0.15, -0.1) is 0 Å². The number of hydrogen-bond acceptors (Lipinski definition) is 2. The summed E-state index contributed by atoms with van der Waals surface area (Å²) in [7, 11) is -4.55. The zero-order valence-electron chi connectivity index (χ0n) is 9.37. The molecule has 0 aromatic heterocycles. The summed E-state index contributed by atoms with van der Waals surface area (Å²) in [5, 5.41) is 8.12. The quantitative estimate of drug-likeness (QED) is 0.705. The largest absolute Gasteiger partial charge is 0.377 e. The Balaban J connectivity index is 3.03. The Morgan fingerprint density at radius 3 is 2.12 bits per heavy atom. The lowest BCUT2D eigenvalue weighted by Crippen LogP contribution is -2.37. The summed E-state index contributed by atoms with van der Waals surface area (Å²) in [6.07, 6.45) is -0.0458. The van der Waals surface area contributed by atoms with Crippen molar-refractivity contribution in [1.29, 1.82) is 0 Å². The maximum absolute atomic E-state index is 11.3. The third-order valence-corrected chi connectivity index (χ3v) is 4.42. The molecule has 0 heterocycles. The minimum Gasteiger partial charge on any atom is -0.377 e. The Morgan fingerprint density at radius 1 is 1.25 bits per heavy atom. The van der Waals surface area contributed by atoms with Crippen molar-refractivity contribution < 1.29 is 19.5 Å². The molecule has 4 nitrogen and oxygen atoms in total. The zero-order chi connectivity index (χ0) is 12.4. The summed E-state index contributed by atoms with van der Waals surface area (Å²) < 4.78 is 11.3. The van der Waals surface area contributed by atoms with E-state index in [-0.39, 0.29) is 6.42 Å². The van der Waals surface area contributed by atoms with Gasteiger partial charge in [-0.25, -0.2) is 0 Å². The summed E-state index contributed by atoms with van der Waals surface area (Å²) in [5.41, 5.74) is 0.710. The average molecular weight is 244 g/mol. The van der Waals surface area contributed by atoms with Crippen molar-refractivity contribution in [2.45, 2.75) is 25.6 Å². The minimum atomic E-state index is -4.55. The van der Waals surface area contributed by atoms with Crippen molar-refractivity contribution in [3.63, 3.8) is 0 Å². The predicted molar refractivity (Wildman–Crippen MR) is 62.0 cm³/mol. The molecule has 0 radical (unpaired) electrons. The Hall–Kier alpha value is -0.670. The zero-order valence-corrected chi connectivity index (χ0v) is 10.3. The van der Waals surface area contributed by atoms with Crippen LogP contribution >= 0.6 is 7.60 Å². The van der Waals surface area contributed by atoms with Gasteiger partial charge in [0.2, 0.25) is 0 Å². The molecule has 1 atom stereocenters. The fourth-order valence-corrected chi connectivity index (χ4v) is 2.60. The van der Waals surface area contributed by atoms with E-state index >= 15 is 0 Å². The van der Waals surface area contributed by atoms with Crippen LogP contribution in [0.1, 0.15) is 19.4 Å². The van der Waals surface area contributed by atoms with Gasteiger partial charge in [-0.1, -0.05) is 44.2 Å². The van der Waals surface area contributed by atoms with E-state index in [0.29, 0.717) is 5.56 Å². The molecule has 0 aliphatic carbocycles. The van der Waals surface area contributed by atoms with Gasteiger partial charge in [0.15, 0.2) is 5.34 Å². The summed E-state index contributed by atoms with van der Waals surface area (Å²) in [4.78, 5) is 18.5. The van der Waals surface area contributed by atoms with E-state index in [9.17, 15) is 19.5 Å². The molecule has 3 N–H and O–H groups in total. The first-order valence-electron chi connectivity index (χ1n) is 5.09. The first kappa shape index (κ1) is 13.4. The molecule has 0 fully saturated rings. The van der Waals surface area contributed by atoms with Crippen LogP contribution in [0.25, 0.3) is 0 Å². The van der Waals surface area contributed by atoms with Crippen LogP contribution in [0.15, 0.2) is 30.3 Å². The highest BCUT2D eigenvalue weighted by molar-refractivity contribution is 7.53. The van der Waals surface area contributed by atoms with Gasteiger partial charge in [-0.05, 0) is 11.5 Å². The molecule has 5 heteroatoms. The molecule has 1 rings (SSSR count). The van der Waals surface area contributed by atoms with E-state index < -0.39 is 18.9 Å². The van der Waals surface area contributed by atoms with Crippen LogP contribution in [0.3, 0.4) is 0 Å². The lowest BCUT2D eigenvalue weighted by Gasteiger charge is -2.32. The number of rotatable bonds is 4. The SMILES string of the molecule is CC(C)C(O)(Cc1ccccc1)P(=O)(O)O. The lowest BCUT2D eigenvalue weighted by atomic mass is 9.98. The molecule has 1 aromatic rings. The molecule has 1 unspecified atom stereocenters. The molecule has 0 saturated carbocycles. The standard InChI is InChI=1S/C11H17O4P/c1-9(2)11(12,16(13,14)15)8-10-6-4-3-5-7-10/h3-7,9,12H,8H2,1-2H3,(H2,13,14,15). The highest BCUT2D eigenvalue weighted by Crippen LogP contribution is 2.54. The monoisotopic (exact) mass is 244 g/mol. The van der Waals surface area contributed by atoms with E-state index in [1.165, 1.54) is 0 Å². The summed E-state index contributed by atoms with van der Waals surface area (Å²) in [6, 6.07) is 8.84. The highest BCUT2D eigenvalue weighted by atomic mass is 31.2. The van der Waals surface area contributed by atoms with Gasteiger partial charge in [-0.2, -0.15) is 0 Å². The lowest BCUT2D eigenvalue weighted by molar-refractivity contribution is 0.0483. The van der Waals surface area contributed by atoms with Gasteiger partial charge in [0.25, 0.3) is 0 Å². The van der Waals surface area contributed by atoms with Crippen LogP contribution in [-0.4, -0.2) is 20.2 Å². The molecule has 0 bridgehead atoms. The number of benzene rings is 1. The van der Waals surface area contributed by atoms with Crippen LogP contribution in [-0.2, 0) is 11.0 Å². The second-order valence-electron chi connectivity index (χ2n) is 4.24. The Kier molecular flexibility index (Phi) is 3.92. The van der Waals surface area contributed by atoms with Gasteiger partial charge in [0, 0.05) is 6.42 Å². The summed E-state index contributed by atoms with van der Waals surface area (Å²) in [6.45, 7) is 3.20. The molecular formula is C11H17O4P. The molecular weight excluding hydrogens is 227 g/mol. The van der Waals surface area contributed by atoms with Crippen molar-refractivity contribution in [3.05, 3.63) is 35.9 Å². The second-order valence-corrected chi connectivity index (χ2v) is 6.10. The Morgan fingerprint density at radius 2 is 1.75 bits per heavy atom. The molecule has 0 spiro atoms. The third kappa shape index (κ3) is 2.71. The van der Waals surface area contributed by atoms with Gasteiger partial charge >= 0.3 is 7.60 Å². The van der Waals surface area contributed by atoms with Crippen LogP contribution < -0.4 is 0 Å². The van der Waals surface area contributed by atoms with Gasteiger partial charge < -0.3 is 14.9 Å². The van der Waals surface area contributed by atoms with Crippen LogP contribution in [0.2, 0.25) is 0 Å². The molecule has 16 heavy (non-hydrogen) atoms. The van der Waals surface area contributed by atoms with Crippen molar-refractivity contribution in [2.24, 2.45) is 5.92 Å². The maximum atomic E-state index is 11.3. The smallest absolute Gasteiger partial charge is 0.357 e. The Bertz CT molecular complexity index is 384. The minimum absolute atomic E-state index is 0.0458. The average Bonchev–Trinajstić information content (AvgIpc) is 2.17. The van der Waals surface area contributed by atoms with Crippen molar-refractivity contribution >= 4 is 7.60 Å².